The summed E-state index contributed by atoms with van der Waals surface area (Å²) in [6.45, 7) is 6.57. The van der Waals surface area contributed by atoms with Crippen LogP contribution >= 0.6 is 0 Å². The highest BCUT2D eigenvalue weighted by atomic mass is 32.2. The summed E-state index contributed by atoms with van der Waals surface area (Å²) in [6, 6.07) is 1.57. The Labute approximate surface area is 205 Å². The van der Waals surface area contributed by atoms with E-state index < -0.39 is 32.8 Å². The Hall–Kier alpha value is -2.92. The summed E-state index contributed by atoms with van der Waals surface area (Å²) >= 11 is 0. The number of sulfonamides is 1. The third-order valence-corrected chi connectivity index (χ3v) is 9.69. The van der Waals surface area contributed by atoms with Gasteiger partial charge in [-0.15, -0.1) is 0 Å². The lowest BCUT2D eigenvalue weighted by atomic mass is 9.79. The molecule has 1 amide bonds. The average Bonchev–Trinajstić information content (AvgIpc) is 3.37. The molecule has 2 aliphatic rings. The minimum absolute atomic E-state index is 0.0325. The highest BCUT2D eigenvalue weighted by Gasteiger charge is 2.55. The maximum Gasteiger partial charge on any atom is 0.407 e. The van der Waals surface area contributed by atoms with Crippen molar-refractivity contribution in [3.8, 4) is 11.1 Å². The Balaban J connectivity index is 1.33. The number of nitrogens with one attached hydrogen (secondary N) is 1. The first-order valence-electron chi connectivity index (χ1n) is 11.9. The molecule has 188 valence electrons. The predicted molar refractivity (Wildman–Crippen MR) is 133 cm³/mol. The normalized spacial score (nSPS) is 22.5. The van der Waals surface area contributed by atoms with Gasteiger partial charge in [0, 0.05) is 61.8 Å². The molecule has 2 saturated heterocycles. The molecule has 10 nitrogen and oxygen atoms in total. The van der Waals surface area contributed by atoms with Crippen LogP contribution in [0.2, 0.25) is 0 Å². The monoisotopic (exact) mass is 500 g/mol. The third kappa shape index (κ3) is 4.10. The van der Waals surface area contributed by atoms with Crippen molar-refractivity contribution in [2.75, 3.05) is 19.6 Å². The maximum atomic E-state index is 13.5. The molecular weight excluding hydrogens is 468 g/mol. The number of fused-ring (bicyclic) bond motifs is 1. The molecule has 0 aliphatic carbocycles. The van der Waals surface area contributed by atoms with Crippen LogP contribution in [0.1, 0.15) is 45.1 Å². The van der Waals surface area contributed by atoms with Crippen LogP contribution in [0.15, 0.2) is 30.9 Å². The van der Waals surface area contributed by atoms with Crippen molar-refractivity contribution in [3.63, 3.8) is 0 Å². The van der Waals surface area contributed by atoms with Crippen LogP contribution < -0.4 is 0 Å². The average molecular weight is 501 g/mol. The molecule has 0 saturated carbocycles. The van der Waals surface area contributed by atoms with Gasteiger partial charge in [-0.3, -0.25) is 4.68 Å². The van der Waals surface area contributed by atoms with Gasteiger partial charge >= 0.3 is 6.09 Å². The van der Waals surface area contributed by atoms with E-state index in [0.29, 0.717) is 25.9 Å². The summed E-state index contributed by atoms with van der Waals surface area (Å²) < 4.78 is 30.3. The maximum absolute atomic E-state index is 13.5. The first kappa shape index (κ1) is 23.8. The van der Waals surface area contributed by atoms with Crippen LogP contribution in [0.4, 0.5) is 4.79 Å². The lowest BCUT2D eigenvalue weighted by molar-refractivity contribution is 0.0218. The molecule has 11 heteroatoms. The van der Waals surface area contributed by atoms with Gasteiger partial charge in [-0.1, -0.05) is 20.8 Å². The van der Waals surface area contributed by atoms with E-state index in [0.717, 1.165) is 27.7 Å². The van der Waals surface area contributed by atoms with E-state index in [9.17, 15) is 18.3 Å². The number of nitrogens with zero attached hydrogens (tertiary/aromatic N) is 5. The summed E-state index contributed by atoms with van der Waals surface area (Å²) in [4.78, 5) is 20.7. The molecule has 0 aromatic carbocycles. The van der Waals surface area contributed by atoms with Crippen molar-refractivity contribution in [2.45, 2.75) is 50.8 Å². The molecule has 2 fully saturated rings. The van der Waals surface area contributed by atoms with Gasteiger partial charge in [0.25, 0.3) is 0 Å². The van der Waals surface area contributed by atoms with Gasteiger partial charge in [-0.05, 0) is 35.8 Å². The molecule has 2 N–H and O–H groups in total. The van der Waals surface area contributed by atoms with Gasteiger partial charge in [0.15, 0.2) is 0 Å². The zero-order valence-electron chi connectivity index (χ0n) is 20.5. The van der Waals surface area contributed by atoms with Gasteiger partial charge in [0.1, 0.15) is 10.9 Å². The van der Waals surface area contributed by atoms with Crippen molar-refractivity contribution < 1.29 is 18.3 Å². The smallest absolute Gasteiger partial charge is 0.407 e. The first-order valence-corrected chi connectivity index (χ1v) is 13.4. The van der Waals surface area contributed by atoms with E-state index in [1.165, 1.54) is 4.90 Å². The van der Waals surface area contributed by atoms with Gasteiger partial charge in [-0.2, -0.15) is 5.10 Å². The van der Waals surface area contributed by atoms with Crippen LogP contribution in [0.25, 0.3) is 22.2 Å². The van der Waals surface area contributed by atoms with Crippen molar-refractivity contribution in [3.05, 3.63) is 36.4 Å². The molecule has 0 radical (unpaired) electrons. The van der Waals surface area contributed by atoms with E-state index in [1.54, 1.807) is 8.99 Å². The molecule has 3 aromatic heterocycles. The van der Waals surface area contributed by atoms with Crippen molar-refractivity contribution >= 4 is 27.1 Å². The molecule has 3 aromatic rings. The quantitative estimate of drug-likeness (QED) is 0.567. The number of likely N-dealkylation sites (tertiary alicyclic amines) is 1. The Bertz CT molecular complexity index is 1360. The lowest BCUT2D eigenvalue weighted by Gasteiger charge is -2.53. The SMILES string of the molecule is Cn1cc(-c2cnc3[nH]cc(C4CCN(S(=O)(=O)C5CN(C(=O)O)C5C(C)(C)C)CC4)c3c2)cn1. The number of aromatic amines is 1. The number of pyridine rings is 1. The highest BCUT2D eigenvalue weighted by molar-refractivity contribution is 7.89. The Morgan fingerprint density at radius 2 is 1.89 bits per heavy atom. The fourth-order valence-electron chi connectivity index (χ4n) is 5.65. The summed E-state index contributed by atoms with van der Waals surface area (Å²) in [5.74, 6) is 0.219. The van der Waals surface area contributed by atoms with E-state index in [4.69, 9.17) is 0 Å². The zero-order valence-corrected chi connectivity index (χ0v) is 21.3. The minimum atomic E-state index is -3.60. The second kappa shape index (κ2) is 8.34. The Morgan fingerprint density at radius 1 is 1.17 bits per heavy atom. The summed E-state index contributed by atoms with van der Waals surface area (Å²) in [5.41, 5.74) is 3.50. The van der Waals surface area contributed by atoms with E-state index in [2.05, 4.69) is 21.1 Å². The molecule has 5 rings (SSSR count). The largest absolute Gasteiger partial charge is 0.465 e. The summed E-state index contributed by atoms with van der Waals surface area (Å²) in [6.07, 6.45) is 7.95. The van der Waals surface area contributed by atoms with Crippen molar-refractivity contribution in [2.24, 2.45) is 12.5 Å². The number of rotatable bonds is 4. The number of H-pyrrole nitrogens is 1. The fourth-order valence-corrected chi connectivity index (χ4v) is 7.98. The van der Waals surface area contributed by atoms with Crippen molar-refractivity contribution in [1.82, 2.24) is 29.0 Å². The van der Waals surface area contributed by atoms with Gasteiger partial charge in [0.2, 0.25) is 10.0 Å². The molecule has 35 heavy (non-hydrogen) atoms. The number of carboxylic acid groups (broad SMARTS) is 1. The number of hydrogen-bond donors (Lipinski definition) is 2. The lowest BCUT2D eigenvalue weighted by Crippen LogP contribution is -2.70. The second-order valence-electron chi connectivity index (χ2n) is 10.8. The molecule has 2 atom stereocenters. The van der Waals surface area contributed by atoms with E-state index >= 15 is 0 Å². The topological polar surface area (TPSA) is 124 Å². The van der Waals surface area contributed by atoms with Crippen LogP contribution in [-0.2, 0) is 17.1 Å². The first-order chi connectivity index (χ1) is 16.5. The minimum Gasteiger partial charge on any atom is -0.465 e. The van der Waals surface area contributed by atoms with Gasteiger partial charge in [-0.25, -0.2) is 22.5 Å². The molecule has 2 unspecified atom stereocenters. The fraction of sp³-hybridized carbons (Fsp3) is 0.542. The van der Waals surface area contributed by atoms with Crippen LogP contribution in [0.3, 0.4) is 0 Å². The van der Waals surface area contributed by atoms with Crippen LogP contribution in [-0.4, -0.2) is 79.5 Å². The molecule has 0 bridgehead atoms. The number of hydrogen-bond acceptors (Lipinski definition) is 5. The summed E-state index contributed by atoms with van der Waals surface area (Å²) in [5, 5.41) is 14.1. The van der Waals surface area contributed by atoms with Crippen molar-refractivity contribution in [1.29, 1.82) is 0 Å². The number of aryl methyl sites for hydroxylation is 1. The number of amides is 1. The Kier molecular flexibility index (Phi) is 5.67. The standard InChI is InChI=1S/C24H32N6O4S/c1-24(2,3)21-20(14-30(21)23(31)32)35(33,34)29-7-5-15(6-8-29)19-12-26-22-18(19)9-16(10-25-22)17-11-27-28(4)13-17/h9-13,15,20-21H,5-8,14H2,1-4H3,(H,25,26)(H,31,32). The molecular formula is C24H32N6O4S. The Morgan fingerprint density at radius 3 is 2.49 bits per heavy atom. The number of piperidine rings is 1. The van der Waals surface area contributed by atoms with Crippen LogP contribution in [0, 0.1) is 5.41 Å². The third-order valence-electron chi connectivity index (χ3n) is 7.44. The highest BCUT2D eigenvalue weighted by Crippen LogP contribution is 2.41. The summed E-state index contributed by atoms with van der Waals surface area (Å²) in [7, 11) is -1.72. The molecule has 0 spiro atoms. The molecule has 5 heterocycles. The van der Waals surface area contributed by atoms with E-state index in [-0.39, 0.29) is 12.5 Å². The number of carbonyl (C=O) groups is 1. The second-order valence-corrected chi connectivity index (χ2v) is 12.9. The predicted octanol–water partition coefficient (Wildman–Crippen LogP) is 3.25. The van der Waals surface area contributed by atoms with Gasteiger partial charge in [0.05, 0.1) is 12.2 Å². The van der Waals surface area contributed by atoms with E-state index in [1.807, 2.05) is 52.6 Å². The van der Waals surface area contributed by atoms with Gasteiger partial charge < -0.3 is 15.0 Å². The molecule has 2 aliphatic heterocycles. The number of aromatic nitrogens is 4. The zero-order chi connectivity index (χ0) is 25.1. The van der Waals surface area contributed by atoms with Crippen LogP contribution in [0.5, 0.6) is 0 Å².